The number of ether oxygens (including phenoxy) is 1. The Labute approximate surface area is 190 Å². The molecule has 0 aliphatic carbocycles. The van der Waals surface area contributed by atoms with E-state index in [-0.39, 0.29) is 12.1 Å². The van der Waals surface area contributed by atoms with Gasteiger partial charge < -0.3 is 19.0 Å². The van der Waals surface area contributed by atoms with Crippen molar-refractivity contribution in [3.63, 3.8) is 0 Å². The Morgan fingerprint density at radius 2 is 2.12 bits per heavy atom. The van der Waals surface area contributed by atoms with Crippen molar-refractivity contribution in [2.45, 2.75) is 71.6 Å². The number of aryl methyl sites for hydroxylation is 1. The molecule has 32 heavy (non-hydrogen) atoms. The highest BCUT2D eigenvalue weighted by molar-refractivity contribution is 6.62. The van der Waals surface area contributed by atoms with Gasteiger partial charge in [0.2, 0.25) is 0 Å². The molecule has 3 heterocycles. The third-order valence-electron chi connectivity index (χ3n) is 5.95. The van der Waals surface area contributed by atoms with Crippen molar-refractivity contribution >= 4 is 18.7 Å². The number of nitrogens with one attached hydrogen (secondary N) is 1. The topological polar surface area (TPSA) is 76.7 Å². The molecule has 4 rings (SSSR count). The molecular weight excluding hydrogens is 405 g/mol. The van der Waals surface area contributed by atoms with Crippen LogP contribution in [-0.2, 0) is 14.0 Å². The van der Waals surface area contributed by atoms with Crippen LogP contribution in [0.25, 0.3) is 11.3 Å². The molecule has 0 unspecified atom stereocenters. The van der Waals surface area contributed by atoms with Gasteiger partial charge in [-0.15, -0.1) is 0 Å². The zero-order valence-corrected chi connectivity index (χ0v) is 19.8. The van der Waals surface area contributed by atoms with Crippen LogP contribution in [0.3, 0.4) is 0 Å². The molecule has 7 nitrogen and oxygen atoms in total. The molecule has 0 saturated carbocycles. The smallest absolute Gasteiger partial charge is 0.534 e. The van der Waals surface area contributed by atoms with Gasteiger partial charge in [0.1, 0.15) is 17.0 Å². The van der Waals surface area contributed by atoms with E-state index in [4.69, 9.17) is 14.0 Å². The average molecular weight is 437 g/mol. The quantitative estimate of drug-likeness (QED) is 0.716. The molecule has 1 N–H and O–H groups in total. The lowest BCUT2D eigenvalue weighted by molar-refractivity contribution is 0.0218. The van der Waals surface area contributed by atoms with E-state index < -0.39 is 18.3 Å². The number of nitrogens with zero attached hydrogens (tertiary/aromatic N) is 2. The van der Waals surface area contributed by atoms with Crippen LogP contribution in [0.4, 0.5) is 4.79 Å². The molecule has 8 heteroatoms. The van der Waals surface area contributed by atoms with Gasteiger partial charge in [-0.3, -0.25) is 4.90 Å². The summed E-state index contributed by atoms with van der Waals surface area (Å²) < 4.78 is 17.4. The fraction of sp³-hybridized carbons (Fsp3) is 0.500. The van der Waals surface area contributed by atoms with Gasteiger partial charge in [-0.2, -0.15) is 0 Å². The third-order valence-corrected chi connectivity index (χ3v) is 5.95. The Balaban J connectivity index is 1.52. The molecular formula is C24H32BN3O4. The standard InChI is InChI=1S/C24H32BN3O4/c1-15-13-17(10-11-18(15)25-31-16(2)24(6,7)32-25)19-14-26-21(27-19)20-9-8-12-28(20)22(29)30-23(3,4)5/h10-11,13-14,20H,2,8-9,12H2,1,3-7H3,(H,26,27)/t20-/m0/s1. The number of benzene rings is 1. The summed E-state index contributed by atoms with van der Waals surface area (Å²) >= 11 is 0. The Morgan fingerprint density at radius 1 is 1.38 bits per heavy atom. The van der Waals surface area contributed by atoms with Crippen LogP contribution in [0.15, 0.2) is 36.7 Å². The molecule has 1 amide bonds. The zero-order valence-electron chi connectivity index (χ0n) is 19.8. The number of imidazole rings is 1. The van der Waals surface area contributed by atoms with Gasteiger partial charge in [-0.05, 0) is 71.0 Å². The number of amides is 1. The van der Waals surface area contributed by atoms with Gasteiger partial charge >= 0.3 is 13.2 Å². The van der Waals surface area contributed by atoms with Crippen LogP contribution < -0.4 is 5.46 Å². The van der Waals surface area contributed by atoms with Gasteiger partial charge in [0.05, 0.1) is 23.7 Å². The first kappa shape index (κ1) is 22.5. The molecule has 170 valence electrons. The van der Waals surface area contributed by atoms with Crippen LogP contribution in [-0.4, -0.2) is 45.8 Å². The summed E-state index contributed by atoms with van der Waals surface area (Å²) in [4.78, 5) is 22.4. The minimum absolute atomic E-state index is 0.104. The summed E-state index contributed by atoms with van der Waals surface area (Å²) in [5, 5.41) is 0. The second kappa shape index (κ2) is 7.99. The fourth-order valence-corrected chi connectivity index (χ4v) is 4.11. The maximum absolute atomic E-state index is 12.6. The highest BCUT2D eigenvalue weighted by Crippen LogP contribution is 2.33. The molecule has 0 bridgehead atoms. The summed E-state index contributed by atoms with van der Waals surface area (Å²) in [6, 6.07) is 6.04. The summed E-state index contributed by atoms with van der Waals surface area (Å²) in [5.41, 5.74) is 2.94. The second-order valence-corrected chi connectivity index (χ2v) is 10.1. The maximum atomic E-state index is 12.6. The van der Waals surface area contributed by atoms with E-state index in [2.05, 4.69) is 22.6 Å². The SMILES string of the molecule is C=C1OB(c2ccc(-c3cnc([C@@H]4CCCN4C(=O)OC(C)(C)C)[nH]3)cc2C)OC1(C)C. The third kappa shape index (κ3) is 4.42. The molecule has 2 aromatic rings. The Bertz CT molecular complexity index is 1040. The molecule has 1 aromatic carbocycles. The number of aromatic nitrogens is 2. The van der Waals surface area contributed by atoms with Gasteiger partial charge in [0.25, 0.3) is 0 Å². The fourth-order valence-electron chi connectivity index (χ4n) is 4.11. The summed E-state index contributed by atoms with van der Waals surface area (Å²) in [6.45, 7) is 16.2. The monoisotopic (exact) mass is 437 g/mol. The van der Waals surface area contributed by atoms with Crippen molar-refractivity contribution in [2.24, 2.45) is 0 Å². The summed E-state index contributed by atoms with van der Waals surface area (Å²) in [6.07, 6.45) is 3.32. The van der Waals surface area contributed by atoms with E-state index in [0.717, 1.165) is 40.9 Å². The number of H-pyrrole nitrogens is 1. The largest absolute Gasteiger partial charge is 0.563 e. The first-order chi connectivity index (χ1) is 14.9. The Morgan fingerprint density at radius 3 is 2.75 bits per heavy atom. The molecule has 1 atom stereocenters. The van der Waals surface area contributed by atoms with E-state index in [1.807, 2.05) is 59.9 Å². The van der Waals surface area contributed by atoms with Gasteiger partial charge in [-0.1, -0.05) is 24.8 Å². The molecule has 0 spiro atoms. The van der Waals surface area contributed by atoms with Crippen molar-refractivity contribution in [1.29, 1.82) is 0 Å². The molecule has 2 fully saturated rings. The predicted molar refractivity (Wildman–Crippen MR) is 124 cm³/mol. The number of hydrogen-bond donors (Lipinski definition) is 1. The number of aromatic amines is 1. The number of carbonyl (C=O) groups excluding carboxylic acids is 1. The van der Waals surface area contributed by atoms with Crippen molar-refractivity contribution < 1.29 is 18.8 Å². The molecule has 2 aliphatic heterocycles. The Kier molecular flexibility index (Phi) is 5.61. The van der Waals surface area contributed by atoms with Crippen LogP contribution >= 0.6 is 0 Å². The van der Waals surface area contributed by atoms with Crippen molar-refractivity contribution in [3.05, 3.63) is 48.1 Å². The highest BCUT2D eigenvalue weighted by Gasteiger charge is 2.43. The van der Waals surface area contributed by atoms with Crippen LogP contribution in [0.1, 0.15) is 64.9 Å². The molecule has 1 aromatic heterocycles. The van der Waals surface area contributed by atoms with E-state index in [9.17, 15) is 4.79 Å². The Hall–Kier alpha value is -2.74. The lowest BCUT2D eigenvalue weighted by atomic mass is 9.76. The highest BCUT2D eigenvalue weighted by atomic mass is 16.7. The van der Waals surface area contributed by atoms with Gasteiger partial charge in [0, 0.05) is 6.54 Å². The number of likely N-dealkylation sites (tertiary alicyclic amines) is 1. The lowest BCUT2D eigenvalue weighted by Crippen LogP contribution is -2.36. The van der Waals surface area contributed by atoms with Crippen LogP contribution in [0.2, 0.25) is 0 Å². The van der Waals surface area contributed by atoms with E-state index in [0.29, 0.717) is 12.3 Å². The normalized spacial score (nSPS) is 20.6. The first-order valence-electron chi connectivity index (χ1n) is 11.1. The number of hydrogen-bond acceptors (Lipinski definition) is 5. The molecule has 0 radical (unpaired) electrons. The summed E-state index contributed by atoms with van der Waals surface area (Å²) in [7, 11) is -0.454. The molecule has 2 saturated heterocycles. The first-order valence-corrected chi connectivity index (χ1v) is 11.1. The van der Waals surface area contributed by atoms with Gasteiger partial charge in [0.15, 0.2) is 0 Å². The second-order valence-electron chi connectivity index (χ2n) is 10.1. The van der Waals surface area contributed by atoms with Crippen molar-refractivity contribution in [3.8, 4) is 11.3 Å². The van der Waals surface area contributed by atoms with E-state index in [1.165, 1.54) is 0 Å². The summed E-state index contributed by atoms with van der Waals surface area (Å²) in [5.74, 6) is 1.42. The van der Waals surface area contributed by atoms with Crippen LogP contribution in [0.5, 0.6) is 0 Å². The zero-order chi connectivity index (χ0) is 23.3. The predicted octanol–water partition coefficient (Wildman–Crippen LogP) is 4.49. The average Bonchev–Trinajstić information content (AvgIpc) is 3.39. The van der Waals surface area contributed by atoms with Gasteiger partial charge in [-0.25, -0.2) is 9.78 Å². The lowest BCUT2D eigenvalue weighted by Gasteiger charge is -2.27. The molecule has 2 aliphatic rings. The number of rotatable bonds is 3. The van der Waals surface area contributed by atoms with Crippen molar-refractivity contribution in [2.75, 3.05) is 6.54 Å². The van der Waals surface area contributed by atoms with Crippen LogP contribution in [0, 0.1) is 6.92 Å². The minimum Gasteiger partial charge on any atom is -0.534 e. The number of carbonyl (C=O) groups is 1. The maximum Gasteiger partial charge on any atom is 0.563 e. The van der Waals surface area contributed by atoms with E-state index >= 15 is 0 Å². The van der Waals surface area contributed by atoms with Crippen molar-refractivity contribution in [1.82, 2.24) is 14.9 Å². The minimum atomic E-state index is -0.522. The van der Waals surface area contributed by atoms with E-state index in [1.54, 1.807) is 4.90 Å².